The number of amides is 1. The lowest BCUT2D eigenvalue weighted by Crippen LogP contribution is -2.53. The van der Waals surface area contributed by atoms with Crippen LogP contribution in [0.5, 0.6) is 0 Å². The summed E-state index contributed by atoms with van der Waals surface area (Å²) < 4.78 is 0. The fourth-order valence-electron chi connectivity index (χ4n) is 2.79. The number of nitriles is 1. The molecule has 1 fully saturated rings. The molecule has 6 nitrogen and oxygen atoms in total. The molecule has 1 aromatic rings. The van der Waals surface area contributed by atoms with Crippen LogP contribution in [-0.2, 0) is 4.79 Å². The van der Waals surface area contributed by atoms with Crippen LogP contribution in [-0.4, -0.2) is 66.2 Å². The maximum absolute atomic E-state index is 12.3. The van der Waals surface area contributed by atoms with Crippen LogP contribution >= 0.6 is 0 Å². The molecule has 1 amide bonds. The molecule has 1 atom stereocenters. The molecule has 0 aromatic heterocycles. The second-order valence-electron chi connectivity index (χ2n) is 5.70. The standard InChI is InChI=1S/C17H24N4O2/c1-2-16(13-22)20-7-9-21(10-8-20)17(23)12-19-15-5-3-14(11-18)4-6-15/h3-6,16,19,22H,2,7-10,12-13H2,1H3. The predicted molar refractivity (Wildman–Crippen MR) is 89.0 cm³/mol. The number of piperazine rings is 1. The maximum atomic E-state index is 12.3. The Morgan fingerprint density at radius 1 is 1.30 bits per heavy atom. The van der Waals surface area contributed by atoms with Gasteiger partial charge < -0.3 is 15.3 Å². The number of nitrogens with zero attached hydrogens (tertiary/aromatic N) is 3. The Hall–Kier alpha value is -2.10. The fraction of sp³-hybridized carbons (Fsp3) is 0.529. The minimum atomic E-state index is 0.0751. The van der Waals surface area contributed by atoms with Crippen molar-refractivity contribution in [2.45, 2.75) is 19.4 Å². The first-order valence-electron chi connectivity index (χ1n) is 8.04. The molecule has 1 aromatic carbocycles. The molecule has 124 valence electrons. The van der Waals surface area contributed by atoms with Crippen molar-refractivity contribution in [3.63, 3.8) is 0 Å². The largest absolute Gasteiger partial charge is 0.395 e. The summed E-state index contributed by atoms with van der Waals surface area (Å²) in [6.45, 7) is 5.51. The van der Waals surface area contributed by atoms with Crippen molar-refractivity contribution in [3.8, 4) is 6.07 Å². The number of rotatable bonds is 6. The van der Waals surface area contributed by atoms with E-state index in [1.165, 1.54) is 0 Å². The van der Waals surface area contributed by atoms with Gasteiger partial charge in [0, 0.05) is 37.9 Å². The highest BCUT2D eigenvalue weighted by Crippen LogP contribution is 2.11. The normalized spacial score (nSPS) is 16.7. The number of anilines is 1. The highest BCUT2D eigenvalue weighted by Gasteiger charge is 2.24. The van der Waals surface area contributed by atoms with Crippen LogP contribution in [0, 0.1) is 11.3 Å². The number of aliphatic hydroxyl groups excluding tert-OH is 1. The summed E-state index contributed by atoms with van der Waals surface area (Å²) >= 11 is 0. The van der Waals surface area contributed by atoms with Gasteiger partial charge in [0.05, 0.1) is 24.8 Å². The number of carbonyl (C=O) groups excluding carboxylic acids is 1. The lowest BCUT2D eigenvalue weighted by Gasteiger charge is -2.38. The minimum Gasteiger partial charge on any atom is -0.395 e. The Balaban J connectivity index is 1.77. The molecule has 1 unspecified atom stereocenters. The molecule has 2 N–H and O–H groups in total. The summed E-state index contributed by atoms with van der Waals surface area (Å²) in [5.41, 5.74) is 1.44. The summed E-state index contributed by atoms with van der Waals surface area (Å²) in [4.78, 5) is 16.4. The van der Waals surface area contributed by atoms with Gasteiger partial charge in [-0.1, -0.05) is 6.92 Å². The zero-order valence-electron chi connectivity index (χ0n) is 13.5. The molecule has 0 spiro atoms. The van der Waals surface area contributed by atoms with Crippen molar-refractivity contribution in [2.75, 3.05) is 44.6 Å². The average Bonchev–Trinajstić information content (AvgIpc) is 2.61. The van der Waals surface area contributed by atoms with Crippen LogP contribution < -0.4 is 5.32 Å². The van der Waals surface area contributed by atoms with Gasteiger partial charge in [0.1, 0.15) is 0 Å². The second kappa shape index (κ2) is 8.51. The van der Waals surface area contributed by atoms with E-state index in [2.05, 4.69) is 23.2 Å². The Morgan fingerprint density at radius 2 is 1.96 bits per heavy atom. The maximum Gasteiger partial charge on any atom is 0.241 e. The van der Waals surface area contributed by atoms with E-state index in [4.69, 9.17) is 5.26 Å². The van der Waals surface area contributed by atoms with Crippen LogP contribution in [0.4, 0.5) is 5.69 Å². The van der Waals surface area contributed by atoms with Gasteiger partial charge in [0.25, 0.3) is 0 Å². The van der Waals surface area contributed by atoms with Gasteiger partial charge in [-0.05, 0) is 30.7 Å². The van der Waals surface area contributed by atoms with E-state index in [-0.39, 0.29) is 25.1 Å². The SMILES string of the molecule is CCC(CO)N1CCN(C(=O)CNc2ccc(C#N)cc2)CC1. The first kappa shape index (κ1) is 17.3. The monoisotopic (exact) mass is 316 g/mol. The molecular weight excluding hydrogens is 292 g/mol. The van der Waals surface area contributed by atoms with E-state index in [1.54, 1.807) is 24.3 Å². The Labute approximate surface area is 137 Å². The molecule has 0 radical (unpaired) electrons. The van der Waals surface area contributed by atoms with Crippen molar-refractivity contribution in [1.29, 1.82) is 5.26 Å². The Bertz CT molecular complexity index is 541. The highest BCUT2D eigenvalue weighted by atomic mass is 16.3. The Kier molecular flexibility index (Phi) is 6.39. The molecule has 1 aliphatic rings. The van der Waals surface area contributed by atoms with Crippen molar-refractivity contribution < 1.29 is 9.90 Å². The third-order valence-electron chi connectivity index (χ3n) is 4.32. The Morgan fingerprint density at radius 3 is 2.48 bits per heavy atom. The molecule has 1 saturated heterocycles. The predicted octanol–water partition coefficient (Wildman–Crippen LogP) is 0.885. The number of carbonyl (C=O) groups is 1. The van der Waals surface area contributed by atoms with E-state index >= 15 is 0 Å². The van der Waals surface area contributed by atoms with Gasteiger partial charge in [-0.15, -0.1) is 0 Å². The van der Waals surface area contributed by atoms with E-state index in [9.17, 15) is 9.90 Å². The number of hydrogen-bond acceptors (Lipinski definition) is 5. The van der Waals surface area contributed by atoms with Crippen molar-refractivity contribution >= 4 is 11.6 Å². The number of hydrogen-bond donors (Lipinski definition) is 2. The first-order valence-corrected chi connectivity index (χ1v) is 8.04. The van der Waals surface area contributed by atoms with Gasteiger partial charge in [-0.3, -0.25) is 9.69 Å². The quantitative estimate of drug-likeness (QED) is 0.814. The van der Waals surface area contributed by atoms with Crippen molar-refractivity contribution in [1.82, 2.24) is 9.80 Å². The molecular formula is C17H24N4O2. The topological polar surface area (TPSA) is 79.6 Å². The number of nitrogens with one attached hydrogen (secondary N) is 1. The van der Waals surface area contributed by atoms with Gasteiger partial charge >= 0.3 is 0 Å². The molecule has 0 aliphatic carbocycles. The lowest BCUT2D eigenvalue weighted by molar-refractivity contribution is -0.131. The van der Waals surface area contributed by atoms with E-state index in [0.29, 0.717) is 18.7 Å². The van der Waals surface area contributed by atoms with E-state index in [1.807, 2.05) is 4.90 Å². The summed E-state index contributed by atoms with van der Waals surface area (Å²) in [5.74, 6) is 0.0751. The molecule has 6 heteroatoms. The summed E-state index contributed by atoms with van der Waals surface area (Å²) in [6.07, 6.45) is 0.921. The second-order valence-corrected chi connectivity index (χ2v) is 5.70. The average molecular weight is 316 g/mol. The molecule has 0 bridgehead atoms. The van der Waals surface area contributed by atoms with Crippen LogP contribution in [0.25, 0.3) is 0 Å². The summed E-state index contributed by atoms with van der Waals surface area (Å²) in [6, 6.07) is 9.33. The van der Waals surface area contributed by atoms with Gasteiger partial charge in [0.15, 0.2) is 0 Å². The van der Waals surface area contributed by atoms with Crippen molar-refractivity contribution in [2.24, 2.45) is 0 Å². The van der Waals surface area contributed by atoms with E-state index in [0.717, 1.165) is 25.2 Å². The van der Waals surface area contributed by atoms with Crippen LogP contribution in [0.15, 0.2) is 24.3 Å². The zero-order chi connectivity index (χ0) is 16.7. The molecule has 1 aliphatic heterocycles. The lowest BCUT2D eigenvalue weighted by atomic mass is 10.1. The third kappa shape index (κ3) is 4.68. The van der Waals surface area contributed by atoms with Gasteiger partial charge in [0.2, 0.25) is 5.91 Å². The van der Waals surface area contributed by atoms with Crippen LogP contribution in [0.3, 0.4) is 0 Å². The number of aliphatic hydroxyl groups is 1. The summed E-state index contributed by atoms with van der Waals surface area (Å²) in [7, 11) is 0. The van der Waals surface area contributed by atoms with Crippen LogP contribution in [0.1, 0.15) is 18.9 Å². The van der Waals surface area contributed by atoms with Gasteiger partial charge in [-0.25, -0.2) is 0 Å². The molecule has 0 saturated carbocycles. The zero-order valence-corrected chi connectivity index (χ0v) is 13.5. The summed E-state index contributed by atoms with van der Waals surface area (Å²) in [5, 5.41) is 21.2. The molecule has 2 rings (SSSR count). The van der Waals surface area contributed by atoms with Crippen molar-refractivity contribution in [3.05, 3.63) is 29.8 Å². The van der Waals surface area contributed by atoms with Gasteiger partial charge in [-0.2, -0.15) is 5.26 Å². The molecule has 23 heavy (non-hydrogen) atoms. The smallest absolute Gasteiger partial charge is 0.241 e. The highest BCUT2D eigenvalue weighted by molar-refractivity contribution is 5.81. The third-order valence-corrected chi connectivity index (χ3v) is 4.32. The van der Waals surface area contributed by atoms with Crippen LogP contribution in [0.2, 0.25) is 0 Å². The first-order chi connectivity index (χ1) is 11.2. The fourth-order valence-corrected chi connectivity index (χ4v) is 2.79. The van der Waals surface area contributed by atoms with E-state index < -0.39 is 0 Å². The number of benzene rings is 1. The molecule has 1 heterocycles. The minimum absolute atomic E-state index is 0.0751.